The standard InChI is InChI=1S/C19H18FN3O2.C17H14FN3O2.Li.H2O/c1-2-25-19(24)18-13-17(16-5-3-4-11-21-16)22-23(18)12-10-14-6-8-15(20)9-7-14;18-13-6-4-12(5-7-13)8-10-21-16(17(22)23)11-15(20-21)14-3-1-2-9-19-14;;/h3-9,11,13H,2,10,12H2,1H3;1-7,9,11H,8,10H2,(H,22,23);;1H2/q;;+1;/p-1. The fraction of sp³-hybridized carbons (Fsp3) is 0.167. The Bertz CT molecular complexity index is 1960. The second kappa shape index (κ2) is 18.9. The quantitative estimate of drug-likeness (QED) is 0.161. The topological polar surface area (TPSA) is 155 Å². The molecule has 6 aromatic rings. The van der Waals surface area contributed by atoms with Gasteiger partial charge in [0.25, 0.3) is 0 Å². The SMILES string of the molecule is CCOC(=O)c1cc(-c2ccccn2)nn1CCc1ccc(F)cc1.O=C(O)c1cc(-c2ccccn2)nn1CCc1ccc(F)cc1.[Li+].[OH-]. The van der Waals surface area contributed by atoms with E-state index in [9.17, 15) is 23.5 Å². The molecule has 4 heterocycles. The van der Waals surface area contributed by atoms with E-state index in [4.69, 9.17) is 4.74 Å². The van der Waals surface area contributed by atoms with Crippen molar-refractivity contribution in [1.82, 2.24) is 29.5 Å². The summed E-state index contributed by atoms with van der Waals surface area (Å²) in [7, 11) is 0. The molecule has 11 nitrogen and oxygen atoms in total. The summed E-state index contributed by atoms with van der Waals surface area (Å²) >= 11 is 0. The largest absolute Gasteiger partial charge is 1.00 e. The smallest absolute Gasteiger partial charge is 0.870 e. The van der Waals surface area contributed by atoms with Crippen molar-refractivity contribution in [1.29, 1.82) is 0 Å². The van der Waals surface area contributed by atoms with Gasteiger partial charge in [-0.1, -0.05) is 36.4 Å². The summed E-state index contributed by atoms with van der Waals surface area (Å²) in [6.07, 6.45) is 4.49. The molecule has 0 saturated heterocycles. The third-order valence-corrected chi connectivity index (χ3v) is 7.17. The maximum absolute atomic E-state index is 13.0. The van der Waals surface area contributed by atoms with Crippen LogP contribution in [0, 0.1) is 11.6 Å². The van der Waals surface area contributed by atoms with E-state index in [1.54, 1.807) is 66.5 Å². The Balaban J connectivity index is 0.000000261. The van der Waals surface area contributed by atoms with Crippen molar-refractivity contribution >= 4 is 11.9 Å². The van der Waals surface area contributed by atoms with Crippen molar-refractivity contribution in [3.05, 3.63) is 144 Å². The van der Waals surface area contributed by atoms with E-state index in [0.717, 1.165) is 11.1 Å². The van der Waals surface area contributed by atoms with Crippen molar-refractivity contribution in [3.8, 4) is 22.8 Å². The van der Waals surface area contributed by atoms with Crippen LogP contribution < -0.4 is 18.9 Å². The van der Waals surface area contributed by atoms with Gasteiger partial charge in [-0.05, 0) is 79.4 Å². The predicted molar refractivity (Wildman–Crippen MR) is 176 cm³/mol. The number of halogens is 2. The fourth-order valence-corrected chi connectivity index (χ4v) is 4.77. The summed E-state index contributed by atoms with van der Waals surface area (Å²) in [6, 6.07) is 26.5. The molecule has 0 fully saturated rings. The number of carbonyl (C=O) groups is 2. The van der Waals surface area contributed by atoms with Gasteiger partial charge in [-0.3, -0.25) is 19.3 Å². The van der Waals surface area contributed by atoms with Crippen LogP contribution in [0.5, 0.6) is 0 Å². The van der Waals surface area contributed by atoms with Gasteiger partial charge in [-0.2, -0.15) is 10.2 Å². The van der Waals surface area contributed by atoms with Crippen LogP contribution in [0.3, 0.4) is 0 Å². The van der Waals surface area contributed by atoms with Gasteiger partial charge in [-0.15, -0.1) is 0 Å². The van der Waals surface area contributed by atoms with Gasteiger partial charge in [0.2, 0.25) is 0 Å². The van der Waals surface area contributed by atoms with E-state index in [1.165, 1.54) is 35.0 Å². The van der Waals surface area contributed by atoms with E-state index < -0.39 is 11.9 Å². The molecule has 14 heteroatoms. The summed E-state index contributed by atoms with van der Waals surface area (Å²) in [5.74, 6) is -2.03. The van der Waals surface area contributed by atoms with Crippen molar-refractivity contribution in [2.24, 2.45) is 0 Å². The minimum Gasteiger partial charge on any atom is -0.870 e. The molecule has 2 aromatic carbocycles. The summed E-state index contributed by atoms with van der Waals surface area (Å²) in [5.41, 5.74) is 4.80. The van der Waals surface area contributed by atoms with Crippen LogP contribution in [0.4, 0.5) is 8.78 Å². The van der Waals surface area contributed by atoms with Crippen molar-refractivity contribution in [2.45, 2.75) is 32.9 Å². The average Bonchev–Trinajstić information content (AvgIpc) is 3.75. The van der Waals surface area contributed by atoms with Crippen LogP contribution in [0.1, 0.15) is 39.0 Å². The Labute approximate surface area is 299 Å². The maximum atomic E-state index is 13.0. The Morgan fingerprint density at radius 2 is 1.12 bits per heavy atom. The van der Waals surface area contributed by atoms with Gasteiger partial charge in [0.05, 0.1) is 18.0 Å². The third kappa shape index (κ3) is 10.5. The van der Waals surface area contributed by atoms with Gasteiger partial charge < -0.3 is 15.3 Å². The summed E-state index contributed by atoms with van der Waals surface area (Å²) in [5, 5.41) is 18.2. The normalized spacial score (nSPS) is 10.2. The number of rotatable bonds is 11. The van der Waals surface area contributed by atoms with E-state index in [1.807, 2.05) is 24.3 Å². The Hall–Kier alpha value is -5.48. The number of benzene rings is 2. The van der Waals surface area contributed by atoms with Crippen LogP contribution in [0.15, 0.2) is 109 Å². The second-order valence-corrected chi connectivity index (χ2v) is 10.5. The second-order valence-electron chi connectivity index (χ2n) is 10.5. The molecule has 6 rings (SSSR count). The number of carboxylic acid groups (broad SMARTS) is 1. The number of esters is 1. The molecule has 50 heavy (non-hydrogen) atoms. The predicted octanol–water partition coefficient (Wildman–Crippen LogP) is 3.36. The molecular formula is C36H33F2LiN6O5. The molecule has 4 aromatic heterocycles. The minimum absolute atomic E-state index is 0. The Morgan fingerprint density at radius 3 is 1.52 bits per heavy atom. The van der Waals surface area contributed by atoms with Crippen LogP contribution in [-0.4, -0.2) is 58.7 Å². The van der Waals surface area contributed by atoms with E-state index in [-0.39, 0.29) is 41.7 Å². The molecule has 2 N–H and O–H groups in total. The number of hydrogen-bond donors (Lipinski definition) is 1. The fourth-order valence-electron chi connectivity index (χ4n) is 4.77. The molecule has 0 bridgehead atoms. The molecular weight excluding hydrogens is 641 g/mol. The molecule has 0 aliphatic carbocycles. The number of aromatic carboxylic acids is 1. The summed E-state index contributed by atoms with van der Waals surface area (Å²) < 4.78 is 34.1. The number of pyridine rings is 2. The molecule has 0 spiro atoms. The number of carboxylic acids is 1. The Kier molecular flexibility index (Phi) is 14.7. The zero-order valence-corrected chi connectivity index (χ0v) is 27.5. The molecule has 0 atom stereocenters. The molecule has 0 unspecified atom stereocenters. The van der Waals surface area contributed by atoms with E-state index in [0.29, 0.717) is 61.0 Å². The minimum atomic E-state index is -1.04. The number of nitrogens with zero attached hydrogens (tertiary/aromatic N) is 6. The summed E-state index contributed by atoms with van der Waals surface area (Å²) in [4.78, 5) is 32.1. The number of hydrogen-bond acceptors (Lipinski definition) is 8. The number of aromatic nitrogens is 6. The molecule has 0 aliphatic rings. The zero-order valence-electron chi connectivity index (χ0n) is 27.5. The Morgan fingerprint density at radius 1 is 0.680 bits per heavy atom. The summed E-state index contributed by atoms with van der Waals surface area (Å²) in [6.45, 7) is 2.92. The van der Waals surface area contributed by atoms with Crippen molar-refractivity contribution in [3.63, 3.8) is 0 Å². The molecule has 252 valence electrons. The first kappa shape index (κ1) is 39.0. The van der Waals surface area contributed by atoms with Crippen molar-refractivity contribution in [2.75, 3.05) is 6.61 Å². The van der Waals surface area contributed by atoms with Gasteiger partial charge in [0, 0.05) is 37.6 Å². The van der Waals surface area contributed by atoms with Gasteiger partial charge >= 0.3 is 30.8 Å². The van der Waals surface area contributed by atoms with Crippen LogP contribution >= 0.6 is 0 Å². The van der Waals surface area contributed by atoms with Crippen LogP contribution in [0.25, 0.3) is 22.8 Å². The molecule has 0 radical (unpaired) electrons. The first-order chi connectivity index (χ1) is 23.3. The maximum Gasteiger partial charge on any atom is 1.00 e. The van der Waals surface area contributed by atoms with Gasteiger partial charge in [0.15, 0.2) is 0 Å². The molecule has 0 aliphatic heterocycles. The monoisotopic (exact) mass is 674 g/mol. The van der Waals surface area contributed by atoms with Crippen molar-refractivity contribution < 1.29 is 52.6 Å². The van der Waals surface area contributed by atoms with Crippen LogP contribution in [0.2, 0.25) is 0 Å². The number of ether oxygens (including phenoxy) is 1. The molecule has 0 amide bonds. The van der Waals surface area contributed by atoms with Gasteiger partial charge in [-0.25, -0.2) is 18.4 Å². The van der Waals surface area contributed by atoms with E-state index in [2.05, 4.69) is 20.2 Å². The van der Waals surface area contributed by atoms with Crippen LogP contribution in [-0.2, 0) is 30.7 Å². The first-order valence-corrected chi connectivity index (χ1v) is 15.2. The number of aryl methyl sites for hydroxylation is 4. The van der Waals surface area contributed by atoms with E-state index >= 15 is 0 Å². The first-order valence-electron chi connectivity index (χ1n) is 15.2. The molecule has 0 saturated carbocycles. The zero-order chi connectivity index (χ0) is 33.9. The average molecular weight is 675 g/mol. The van der Waals surface area contributed by atoms with Gasteiger partial charge in [0.1, 0.15) is 34.4 Å². The third-order valence-electron chi connectivity index (χ3n) is 7.17. The number of carbonyl (C=O) groups excluding carboxylic acids is 1.